The zero-order chi connectivity index (χ0) is 13.1. The first-order valence-electron chi connectivity index (χ1n) is 5.50. The van der Waals surface area contributed by atoms with Crippen LogP contribution in [0.4, 0.5) is 5.13 Å². The summed E-state index contributed by atoms with van der Waals surface area (Å²) in [6, 6.07) is 6.15. The molecular formula is C12H13N3O2S. The van der Waals surface area contributed by atoms with E-state index in [1.54, 1.807) is 12.1 Å². The average molecular weight is 263 g/mol. The van der Waals surface area contributed by atoms with Crippen molar-refractivity contribution in [3.8, 4) is 5.75 Å². The molecule has 0 unspecified atom stereocenters. The number of amides is 1. The van der Waals surface area contributed by atoms with E-state index in [4.69, 9.17) is 0 Å². The molecule has 0 fully saturated rings. The van der Waals surface area contributed by atoms with E-state index in [1.165, 1.54) is 23.5 Å². The predicted octanol–water partition coefficient (Wildman–Crippen LogP) is 2.62. The topological polar surface area (TPSA) is 75.1 Å². The summed E-state index contributed by atoms with van der Waals surface area (Å²) in [5.41, 5.74) is 0.385. The van der Waals surface area contributed by atoms with Crippen molar-refractivity contribution >= 4 is 22.4 Å². The molecule has 0 aliphatic carbocycles. The van der Waals surface area contributed by atoms with E-state index in [1.807, 2.05) is 13.8 Å². The first-order chi connectivity index (χ1) is 8.56. The van der Waals surface area contributed by atoms with Gasteiger partial charge in [-0.3, -0.25) is 10.1 Å². The van der Waals surface area contributed by atoms with Gasteiger partial charge in [0.25, 0.3) is 5.91 Å². The maximum absolute atomic E-state index is 11.9. The molecule has 0 radical (unpaired) electrons. The molecule has 0 saturated carbocycles. The lowest BCUT2D eigenvalue weighted by molar-refractivity contribution is 0.102. The minimum Gasteiger partial charge on any atom is -0.508 e. The molecule has 1 aromatic heterocycles. The first kappa shape index (κ1) is 12.5. The highest BCUT2D eigenvalue weighted by molar-refractivity contribution is 7.15. The second kappa shape index (κ2) is 5.14. The second-order valence-electron chi connectivity index (χ2n) is 4.10. The first-order valence-corrected chi connectivity index (χ1v) is 6.31. The van der Waals surface area contributed by atoms with Crippen LogP contribution in [0.5, 0.6) is 5.75 Å². The minimum atomic E-state index is -0.308. The van der Waals surface area contributed by atoms with E-state index in [0.717, 1.165) is 5.01 Å². The number of aromatic hydroxyl groups is 1. The number of nitrogens with one attached hydrogen (secondary N) is 1. The van der Waals surface area contributed by atoms with Gasteiger partial charge in [-0.2, -0.15) is 0 Å². The smallest absolute Gasteiger partial charge is 0.257 e. The summed E-state index contributed by atoms with van der Waals surface area (Å²) in [6.07, 6.45) is 0. The lowest BCUT2D eigenvalue weighted by Crippen LogP contribution is -2.11. The molecule has 94 valence electrons. The molecule has 0 spiro atoms. The molecule has 2 rings (SSSR count). The van der Waals surface area contributed by atoms with Crippen LogP contribution in [0.1, 0.15) is 35.1 Å². The number of carbonyl (C=O) groups is 1. The zero-order valence-electron chi connectivity index (χ0n) is 10.0. The average Bonchev–Trinajstić information content (AvgIpc) is 2.77. The number of carbonyl (C=O) groups excluding carboxylic acids is 1. The van der Waals surface area contributed by atoms with Gasteiger partial charge in [-0.15, -0.1) is 10.2 Å². The Hall–Kier alpha value is -1.95. The molecule has 0 atom stereocenters. The van der Waals surface area contributed by atoms with Crippen molar-refractivity contribution < 1.29 is 9.90 Å². The monoisotopic (exact) mass is 263 g/mol. The van der Waals surface area contributed by atoms with E-state index in [9.17, 15) is 9.90 Å². The Balaban J connectivity index is 2.11. The molecule has 1 heterocycles. The Bertz CT molecular complexity index is 566. The molecule has 2 aromatic rings. The zero-order valence-corrected chi connectivity index (χ0v) is 10.9. The fraction of sp³-hybridized carbons (Fsp3) is 0.250. The largest absolute Gasteiger partial charge is 0.508 e. The number of hydrogen-bond donors (Lipinski definition) is 2. The quantitative estimate of drug-likeness (QED) is 0.892. The molecule has 6 heteroatoms. The van der Waals surface area contributed by atoms with Crippen LogP contribution in [0.3, 0.4) is 0 Å². The van der Waals surface area contributed by atoms with E-state index in [-0.39, 0.29) is 17.6 Å². The number of rotatable bonds is 3. The molecule has 5 nitrogen and oxygen atoms in total. The Kier molecular flexibility index (Phi) is 3.57. The van der Waals surface area contributed by atoms with E-state index in [0.29, 0.717) is 10.7 Å². The molecule has 1 aromatic carbocycles. The molecule has 0 aliphatic heterocycles. The molecule has 18 heavy (non-hydrogen) atoms. The number of benzene rings is 1. The minimum absolute atomic E-state index is 0.0581. The summed E-state index contributed by atoms with van der Waals surface area (Å²) in [6.45, 7) is 4.03. The third kappa shape index (κ3) is 2.84. The molecule has 0 bridgehead atoms. The lowest BCUT2D eigenvalue weighted by atomic mass is 10.2. The summed E-state index contributed by atoms with van der Waals surface area (Å²) >= 11 is 1.35. The van der Waals surface area contributed by atoms with Crippen molar-refractivity contribution in [1.29, 1.82) is 0 Å². The van der Waals surface area contributed by atoms with Crippen LogP contribution in [-0.4, -0.2) is 21.2 Å². The van der Waals surface area contributed by atoms with E-state index in [2.05, 4.69) is 15.5 Å². The normalized spacial score (nSPS) is 10.6. The molecule has 0 aliphatic rings. The van der Waals surface area contributed by atoms with Crippen molar-refractivity contribution in [2.75, 3.05) is 5.32 Å². The van der Waals surface area contributed by atoms with Crippen LogP contribution < -0.4 is 5.32 Å². The number of nitrogens with zero attached hydrogens (tertiary/aromatic N) is 2. The molecule has 1 amide bonds. The van der Waals surface area contributed by atoms with Gasteiger partial charge in [0.05, 0.1) is 0 Å². The van der Waals surface area contributed by atoms with Crippen molar-refractivity contribution in [3.63, 3.8) is 0 Å². The SMILES string of the molecule is CC(C)c1nnc(NC(=O)c2cccc(O)c2)s1. The van der Waals surface area contributed by atoms with Crippen molar-refractivity contribution in [1.82, 2.24) is 10.2 Å². The number of hydrogen-bond acceptors (Lipinski definition) is 5. The van der Waals surface area contributed by atoms with Crippen molar-refractivity contribution in [2.45, 2.75) is 19.8 Å². The van der Waals surface area contributed by atoms with Crippen LogP contribution in [0.2, 0.25) is 0 Å². The van der Waals surface area contributed by atoms with Gasteiger partial charge in [0, 0.05) is 11.5 Å². The van der Waals surface area contributed by atoms with Crippen LogP contribution in [0.15, 0.2) is 24.3 Å². The number of anilines is 1. The Morgan fingerprint density at radius 1 is 1.39 bits per heavy atom. The van der Waals surface area contributed by atoms with Gasteiger partial charge >= 0.3 is 0 Å². The Labute approximate surface area is 109 Å². The van der Waals surface area contributed by atoms with Gasteiger partial charge in [0.15, 0.2) is 0 Å². The van der Waals surface area contributed by atoms with Gasteiger partial charge in [-0.1, -0.05) is 31.3 Å². The van der Waals surface area contributed by atoms with Gasteiger partial charge in [-0.25, -0.2) is 0 Å². The number of phenols is 1. The van der Waals surface area contributed by atoms with Crippen LogP contribution in [0.25, 0.3) is 0 Å². The predicted molar refractivity (Wildman–Crippen MR) is 70.1 cm³/mol. The third-order valence-electron chi connectivity index (χ3n) is 2.26. The summed E-state index contributed by atoms with van der Waals surface area (Å²) in [4.78, 5) is 11.9. The molecule has 0 saturated heterocycles. The number of phenolic OH excluding ortho intramolecular Hbond substituents is 1. The highest BCUT2D eigenvalue weighted by Crippen LogP contribution is 2.23. The maximum Gasteiger partial charge on any atom is 0.257 e. The second-order valence-corrected chi connectivity index (χ2v) is 5.11. The van der Waals surface area contributed by atoms with Gasteiger partial charge < -0.3 is 5.11 Å². The number of aromatic nitrogens is 2. The Morgan fingerprint density at radius 3 is 2.78 bits per heavy atom. The van der Waals surface area contributed by atoms with Crippen molar-refractivity contribution in [3.05, 3.63) is 34.8 Å². The molecular weight excluding hydrogens is 250 g/mol. The molecule has 2 N–H and O–H groups in total. The maximum atomic E-state index is 11.9. The van der Waals surface area contributed by atoms with E-state index >= 15 is 0 Å². The van der Waals surface area contributed by atoms with Gasteiger partial charge in [-0.05, 0) is 18.2 Å². The van der Waals surface area contributed by atoms with Crippen molar-refractivity contribution in [2.24, 2.45) is 0 Å². The fourth-order valence-corrected chi connectivity index (χ4v) is 2.08. The highest BCUT2D eigenvalue weighted by atomic mass is 32.1. The lowest BCUT2D eigenvalue weighted by Gasteiger charge is -2.01. The summed E-state index contributed by atoms with van der Waals surface area (Å²) < 4.78 is 0. The van der Waals surface area contributed by atoms with Crippen LogP contribution in [0, 0.1) is 0 Å². The summed E-state index contributed by atoms with van der Waals surface area (Å²) in [5, 5.41) is 21.2. The fourth-order valence-electron chi connectivity index (χ4n) is 1.33. The summed E-state index contributed by atoms with van der Waals surface area (Å²) in [5.74, 6) is 0.0362. The Morgan fingerprint density at radius 2 is 2.17 bits per heavy atom. The van der Waals surface area contributed by atoms with E-state index < -0.39 is 0 Å². The third-order valence-corrected chi connectivity index (χ3v) is 3.40. The highest BCUT2D eigenvalue weighted by Gasteiger charge is 2.12. The van der Waals surface area contributed by atoms with Crippen LogP contribution in [-0.2, 0) is 0 Å². The van der Waals surface area contributed by atoms with Crippen LogP contribution >= 0.6 is 11.3 Å². The van der Waals surface area contributed by atoms with Gasteiger partial charge in [0.2, 0.25) is 5.13 Å². The standard InChI is InChI=1S/C12H13N3O2S/c1-7(2)11-14-15-12(18-11)13-10(17)8-4-3-5-9(16)6-8/h3-7,16H,1-2H3,(H,13,15,17). The summed E-state index contributed by atoms with van der Waals surface area (Å²) in [7, 11) is 0. The van der Waals surface area contributed by atoms with Gasteiger partial charge in [0.1, 0.15) is 10.8 Å².